The molecule has 0 spiro atoms. The van der Waals surface area contributed by atoms with E-state index in [-0.39, 0.29) is 11.4 Å². The maximum Gasteiger partial charge on any atom is 0.209 e. The molecule has 0 atom stereocenters. The fourth-order valence-corrected chi connectivity index (χ4v) is 1.27. The Bertz CT molecular complexity index is 439. The highest BCUT2D eigenvalue weighted by Crippen LogP contribution is 2.30. The van der Waals surface area contributed by atoms with Gasteiger partial charge in [-0.25, -0.2) is 8.78 Å². The number of rotatable bonds is 2. The van der Waals surface area contributed by atoms with Crippen molar-refractivity contribution in [2.45, 2.75) is 0 Å². The van der Waals surface area contributed by atoms with E-state index in [0.717, 1.165) is 0 Å². The molecule has 0 bridgehead atoms. The van der Waals surface area contributed by atoms with Gasteiger partial charge in [0.05, 0.1) is 17.1 Å². The van der Waals surface area contributed by atoms with Crippen LogP contribution in [0, 0.1) is 11.6 Å². The Morgan fingerprint density at radius 2 is 2.00 bits per heavy atom. The van der Waals surface area contributed by atoms with Crippen LogP contribution in [0.25, 0.3) is 0 Å². The largest absolute Gasteiger partial charge is 0.397 e. The molecule has 0 heterocycles. The summed E-state index contributed by atoms with van der Waals surface area (Å²) in [6.45, 7) is 0. The number of halogens is 2. The second-order valence-electron chi connectivity index (χ2n) is 2.40. The van der Waals surface area contributed by atoms with Gasteiger partial charge in [0.2, 0.25) is 10.9 Å². The van der Waals surface area contributed by atoms with E-state index in [2.05, 4.69) is 0 Å². The van der Waals surface area contributed by atoms with Gasteiger partial charge in [-0.15, -0.1) is 0 Å². The molecule has 0 aliphatic rings. The molecular formula is C6H7F2N3O2S. The third-order valence-corrected chi connectivity index (χ3v) is 1.85. The van der Waals surface area contributed by atoms with Gasteiger partial charge in [-0.3, -0.25) is 0 Å². The van der Waals surface area contributed by atoms with Gasteiger partial charge in [0.1, 0.15) is 0 Å². The Hall–Kier alpha value is -1.57. The third-order valence-electron chi connectivity index (χ3n) is 1.48. The van der Waals surface area contributed by atoms with Crippen molar-refractivity contribution in [3.05, 3.63) is 17.7 Å². The summed E-state index contributed by atoms with van der Waals surface area (Å²) in [5.74, 6) is -2.53. The average Bonchev–Trinajstić information content (AvgIpc) is 2.09. The predicted octanol–water partition coefficient (Wildman–Crippen LogP) is 0.707. The van der Waals surface area contributed by atoms with Gasteiger partial charge >= 0.3 is 0 Å². The Kier molecular flexibility index (Phi) is 2.75. The van der Waals surface area contributed by atoms with Crippen LogP contribution in [0.5, 0.6) is 0 Å². The van der Waals surface area contributed by atoms with E-state index in [1.165, 1.54) is 0 Å². The first kappa shape index (κ1) is 10.5. The maximum atomic E-state index is 12.8. The standard InChI is InChI=1S/C6H7F2N3O2S/c7-2-1-3(9)6(11-14(12)13)5(10)4(2)8/h1,12H,9-10H2,(H,11,13). The monoisotopic (exact) mass is 223 g/mol. The Balaban J connectivity index is 3.36. The van der Waals surface area contributed by atoms with E-state index in [9.17, 15) is 13.0 Å². The Morgan fingerprint density at radius 3 is 2.50 bits per heavy atom. The molecule has 0 radical (unpaired) electrons. The first-order valence-corrected chi connectivity index (χ1v) is 4.44. The molecule has 0 saturated heterocycles. The molecule has 6 N–H and O–H groups in total. The molecule has 8 heteroatoms. The normalized spacial score (nSPS) is 10.5. The number of hydrogen-bond acceptors (Lipinski definition) is 4. The van der Waals surface area contributed by atoms with Gasteiger partial charge in [-0.1, -0.05) is 0 Å². The van der Waals surface area contributed by atoms with Crippen molar-refractivity contribution in [2.24, 2.45) is 0 Å². The van der Waals surface area contributed by atoms with Gasteiger partial charge in [-0.05, 0) is 0 Å². The Morgan fingerprint density at radius 1 is 1.43 bits per heavy atom. The minimum absolute atomic E-state index is 0.246. The molecule has 5 nitrogen and oxygen atoms in total. The van der Waals surface area contributed by atoms with Crippen molar-refractivity contribution in [3.63, 3.8) is 0 Å². The summed E-state index contributed by atoms with van der Waals surface area (Å²) in [7, 11) is -2.45. The van der Waals surface area contributed by atoms with Crippen molar-refractivity contribution in [1.82, 2.24) is 0 Å². The minimum atomic E-state index is -2.45. The van der Waals surface area contributed by atoms with Crippen molar-refractivity contribution in [3.8, 4) is 0 Å². The summed E-state index contributed by atoms with van der Waals surface area (Å²) in [4.78, 5) is 0. The lowest BCUT2D eigenvalue weighted by Gasteiger charge is -2.10. The van der Waals surface area contributed by atoms with Crippen LogP contribution in [-0.2, 0) is 15.1 Å². The summed E-state index contributed by atoms with van der Waals surface area (Å²) in [5, 5.41) is 0. The summed E-state index contributed by atoms with van der Waals surface area (Å²) < 4.78 is 46.2. The van der Waals surface area contributed by atoms with Crippen LogP contribution < -0.4 is 16.2 Å². The van der Waals surface area contributed by atoms with Crippen LogP contribution in [0.1, 0.15) is 0 Å². The van der Waals surface area contributed by atoms with E-state index in [4.69, 9.17) is 15.7 Å². The van der Waals surface area contributed by atoms with E-state index in [0.29, 0.717) is 6.07 Å². The summed E-state index contributed by atoms with van der Waals surface area (Å²) in [6, 6.07) is 0.668. The van der Waals surface area contributed by atoms with Crippen LogP contribution in [0.2, 0.25) is 0 Å². The third kappa shape index (κ3) is 1.84. The summed E-state index contributed by atoms with van der Waals surface area (Å²) in [6.07, 6.45) is 0. The van der Waals surface area contributed by atoms with Crippen LogP contribution >= 0.6 is 0 Å². The second kappa shape index (κ2) is 3.66. The first-order chi connectivity index (χ1) is 6.43. The summed E-state index contributed by atoms with van der Waals surface area (Å²) in [5.41, 5.74) is 9.19. The van der Waals surface area contributed by atoms with Crippen LogP contribution in [0.15, 0.2) is 6.07 Å². The van der Waals surface area contributed by atoms with E-state index >= 15 is 0 Å². The zero-order valence-electron chi connectivity index (χ0n) is 6.75. The highest BCUT2D eigenvalue weighted by molar-refractivity contribution is 7.73. The van der Waals surface area contributed by atoms with E-state index < -0.39 is 28.2 Å². The van der Waals surface area contributed by atoms with E-state index in [1.807, 2.05) is 4.72 Å². The lowest BCUT2D eigenvalue weighted by atomic mass is 10.2. The predicted molar refractivity (Wildman–Crippen MR) is 48.8 cm³/mol. The minimum Gasteiger partial charge on any atom is -0.397 e. The van der Waals surface area contributed by atoms with Crippen LogP contribution in [0.4, 0.5) is 25.8 Å². The zero-order chi connectivity index (χ0) is 10.9. The van der Waals surface area contributed by atoms with Crippen LogP contribution in [0.3, 0.4) is 0 Å². The lowest BCUT2D eigenvalue weighted by molar-refractivity contribution is 0.513. The second-order valence-corrected chi connectivity index (χ2v) is 3.10. The van der Waals surface area contributed by atoms with Crippen molar-refractivity contribution in [1.29, 1.82) is 0 Å². The fourth-order valence-electron chi connectivity index (χ4n) is 0.867. The molecule has 14 heavy (non-hydrogen) atoms. The number of benzene rings is 1. The van der Waals surface area contributed by atoms with E-state index in [1.54, 1.807) is 0 Å². The highest BCUT2D eigenvalue weighted by Gasteiger charge is 2.13. The van der Waals surface area contributed by atoms with Gasteiger partial charge < -0.3 is 24.6 Å². The number of nitrogens with one attached hydrogen (secondary N) is 1. The molecule has 78 valence electrons. The molecule has 0 fully saturated rings. The summed E-state index contributed by atoms with van der Waals surface area (Å²) >= 11 is 0. The molecule has 0 amide bonds. The van der Waals surface area contributed by atoms with Crippen molar-refractivity contribution < 1.29 is 17.2 Å². The molecule has 0 saturated carbocycles. The maximum absolute atomic E-state index is 12.8. The number of nitrogens with two attached hydrogens (primary N) is 2. The molecule has 0 aliphatic carbocycles. The molecule has 1 aromatic carbocycles. The van der Waals surface area contributed by atoms with Crippen molar-refractivity contribution in [2.75, 3.05) is 16.2 Å². The molecule has 0 unspecified atom stereocenters. The number of nitrogen functional groups attached to an aromatic ring is 2. The quantitative estimate of drug-likeness (QED) is 0.390. The molecule has 1 aromatic rings. The Labute approximate surface area is 79.8 Å². The fraction of sp³-hybridized carbons (Fsp3) is 0. The molecular weight excluding hydrogens is 216 g/mol. The topological polar surface area (TPSA) is 103 Å². The number of anilines is 3. The lowest BCUT2D eigenvalue weighted by Crippen LogP contribution is -2.06. The highest BCUT2D eigenvalue weighted by atomic mass is 32.2. The first-order valence-electron chi connectivity index (χ1n) is 3.34. The van der Waals surface area contributed by atoms with Gasteiger partial charge in [-0.2, -0.15) is 0 Å². The van der Waals surface area contributed by atoms with Gasteiger partial charge in [0.25, 0.3) is 0 Å². The number of hydrogen-bond donors (Lipinski definition) is 3. The SMILES string of the molecule is Nc1cc(F)c(F)c(N)c1N[S-](=O)=[OH+]. The van der Waals surface area contributed by atoms with Crippen LogP contribution in [-0.4, -0.2) is 4.21 Å². The molecule has 0 aliphatic heterocycles. The van der Waals surface area contributed by atoms with Crippen molar-refractivity contribution >= 4 is 28.0 Å². The molecule has 0 aromatic heterocycles. The average molecular weight is 223 g/mol. The van der Waals surface area contributed by atoms with Gasteiger partial charge in [0, 0.05) is 6.07 Å². The zero-order valence-corrected chi connectivity index (χ0v) is 7.57. The van der Waals surface area contributed by atoms with Gasteiger partial charge in [0.15, 0.2) is 11.6 Å². The molecule has 1 rings (SSSR count). The smallest absolute Gasteiger partial charge is 0.209 e.